The van der Waals surface area contributed by atoms with Gasteiger partial charge in [0.05, 0.1) is 12.7 Å². The number of methoxy groups -OCH3 is 1. The Hall–Kier alpha value is -2.62. The van der Waals surface area contributed by atoms with Gasteiger partial charge in [-0.1, -0.05) is 31.2 Å². The summed E-state index contributed by atoms with van der Waals surface area (Å²) in [5, 5.41) is 2.90. The molecule has 0 aliphatic heterocycles. The highest BCUT2D eigenvalue weighted by Crippen LogP contribution is 2.18. The number of benzene rings is 2. The Morgan fingerprint density at radius 1 is 1.04 bits per heavy atom. The first-order valence-corrected chi connectivity index (χ1v) is 8.10. The summed E-state index contributed by atoms with van der Waals surface area (Å²) in [6, 6.07) is 13.4. The number of carbonyl (C=O) groups is 2. The smallest absolute Gasteiger partial charge is 0.337 e. The summed E-state index contributed by atoms with van der Waals surface area (Å²) in [5.41, 5.74) is 4.47. The van der Waals surface area contributed by atoms with Crippen molar-refractivity contribution in [1.82, 2.24) is 0 Å². The number of aryl methyl sites for hydroxylation is 3. The lowest BCUT2D eigenvalue weighted by Gasteiger charge is -2.10. The van der Waals surface area contributed by atoms with E-state index in [1.165, 1.54) is 12.7 Å². The molecule has 4 nitrogen and oxygen atoms in total. The van der Waals surface area contributed by atoms with Gasteiger partial charge >= 0.3 is 5.97 Å². The van der Waals surface area contributed by atoms with Crippen LogP contribution in [0.4, 0.5) is 5.69 Å². The van der Waals surface area contributed by atoms with Crippen molar-refractivity contribution >= 4 is 17.6 Å². The van der Waals surface area contributed by atoms with Crippen LogP contribution in [0.5, 0.6) is 0 Å². The summed E-state index contributed by atoms with van der Waals surface area (Å²) in [7, 11) is 1.35. The van der Waals surface area contributed by atoms with E-state index in [9.17, 15) is 9.59 Å². The Kier molecular flexibility index (Phi) is 6.13. The molecule has 0 aliphatic carbocycles. The average molecular weight is 325 g/mol. The number of amides is 1. The molecule has 0 saturated carbocycles. The Morgan fingerprint density at radius 2 is 1.71 bits per heavy atom. The van der Waals surface area contributed by atoms with Crippen LogP contribution in [0.25, 0.3) is 0 Å². The van der Waals surface area contributed by atoms with E-state index in [2.05, 4.69) is 41.2 Å². The number of anilines is 1. The Morgan fingerprint density at radius 3 is 2.29 bits per heavy atom. The van der Waals surface area contributed by atoms with Crippen LogP contribution in [0.2, 0.25) is 0 Å². The van der Waals surface area contributed by atoms with E-state index < -0.39 is 0 Å². The lowest BCUT2D eigenvalue weighted by Crippen LogP contribution is -2.13. The SMILES string of the molecule is CCc1ccc(CCC(=O)Nc2ccc(C(=O)OC)cc2C)cc1. The first kappa shape index (κ1) is 17.7. The maximum absolute atomic E-state index is 12.1. The van der Waals surface area contributed by atoms with Crippen molar-refractivity contribution < 1.29 is 14.3 Å². The van der Waals surface area contributed by atoms with Crippen LogP contribution in [0.1, 0.15) is 40.4 Å². The molecule has 0 aliphatic rings. The first-order valence-electron chi connectivity index (χ1n) is 8.10. The lowest BCUT2D eigenvalue weighted by atomic mass is 10.1. The Balaban J connectivity index is 1.93. The third kappa shape index (κ3) is 4.69. The van der Waals surface area contributed by atoms with Gasteiger partial charge in [-0.2, -0.15) is 0 Å². The second-order valence-corrected chi connectivity index (χ2v) is 5.74. The van der Waals surface area contributed by atoms with Gasteiger partial charge in [-0.05, 0) is 54.7 Å². The molecule has 126 valence electrons. The number of esters is 1. The lowest BCUT2D eigenvalue weighted by molar-refractivity contribution is -0.116. The second kappa shape index (κ2) is 8.29. The van der Waals surface area contributed by atoms with Crippen molar-refractivity contribution in [3.8, 4) is 0 Å². The standard InChI is InChI=1S/C20H23NO3/c1-4-15-5-7-16(8-6-15)9-12-19(22)21-18-11-10-17(13-14(18)2)20(23)24-3/h5-8,10-11,13H,4,9,12H2,1-3H3,(H,21,22). The van der Waals surface area contributed by atoms with Crippen molar-refractivity contribution in [1.29, 1.82) is 0 Å². The third-order valence-corrected chi connectivity index (χ3v) is 3.99. The molecule has 0 atom stereocenters. The predicted molar refractivity (Wildman–Crippen MR) is 95.3 cm³/mol. The Labute approximate surface area is 142 Å². The van der Waals surface area contributed by atoms with Gasteiger partial charge in [0.15, 0.2) is 0 Å². The van der Waals surface area contributed by atoms with Crippen LogP contribution in [-0.2, 0) is 22.4 Å². The van der Waals surface area contributed by atoms with Crippen molar-refractivity contribution in [3.05, 3.63) is 64.7 Å². The molecule has 2 aromatic rings. The molecule has 2 aromatic carbocycles. The molecule has 0 bridgehead atoms. The summed E-state index contributed by atoms with van der Waals surface area (Å²) in [5.74, 6) is -0.421. The van der Waals surface area contributed by atoms with E-state index in [1.54, 1.807) is 18.2 Å². The molecule has 2 rings (SSSR count). The van der Waals surface area contributed by atoms with E-state index >= 15 is 0 Å². The van der Waals surface area contributed by atoms with Gasteiger partial charge in [0.25, 0.3) is 0 Å². The molecule has 0 saturated heterocycles. The van der Waals surface area contributed by atoms with Crippen LogP contribution >= 0.6 is 0 Å². The Bertz CT molecular complexity index is 720. The quantitative estimate of drug-likeness (QED) is 0.819. The summed E-state index contributed by atoms with van der Waals surface area (Å²) < 4.78 is 4.69. The summed E-state index contributed by atoms with van der Waals surface area (Å²) in [6.45, 7) is 3.97. The van der Waals surface area contributed by atoms with Gasteiger partial charge in [-0.15, -0.1) is 0 Å². The maximum atomic E-state index is 12.1. The highest BCUT2D eigenvalue weighted by Gasteiger charge is 2.09. The molecule has 24 heavy (non-hydrogen) atoms. The molecule has 4 heteroatoms. The van der Waals surface area contributed by atoms with Gasteiger partial charge < -0.3 is 10.1 Å². The van der Waals surface area contributed by atoms with E-state index in [1.807, 2.05) is 6.92 Å². The minimum Gasteiger partial charge on any atom is -0.465 e. The minimum atomic E-state index is -0.383. The fraction of sp³-hybridized carbons (Fsp3) is 0.300. The van der Waals surface area contributed by atoms with Gasteiger partial charge in [-0.3, -0.25) is 4.79 Å². The van der Waals surface area contributed by atoms with E-state index in [4.69, 9.17) is 0 Å². The molecule has 0 radical (unpaired) electrons. The maximum Gasteiger partial charge on any atom is 0.337 e. The van der Waals surface area contributed by atoms with Gasteiger partial charge in [0, 0.05) is 12.1 Å². The number of rotatable bonds is 6. The third-order valence-electron chi connectivity index (χ3n) is 3.99. The van der Waals surface area contributed by atoms with Gasteiger partial charge in [0.2, 0.25) is 5.91 Å². The zero-order chi connectivity index (χ0) is 17.5. The molecule has 0 spiro atoms. The molecule has 0 fully saturated rings. The van der Waals surface area contributed by atoms with E-state index in [-0.39, 0.29) is 11.9 Å². The zero-order valence-corrected chi connectivity index (χ0v) is 14.4. The normalized spacial score (nSPS) is 10.3. The fourth-order valence-corrected chi connectivity index (χ4v) is 2.46. The monoisotopic (exact) mass is 325 g/mol. The number of carbonyl (C=O) groups excluding carboxylic acids is 2. The van der Waals surface area contributed by atoms with Crippen LogP contribution in [-0.4, -0.2) is 19.0 Å². The fourth-order valence-electron chi connectivity index (χ4n) is 2.46. The molecule has 0 aromatic heterocycles. The van der Waals surface area contributed by atoms with Crippen LogP contribution in [0.15, 0.2) is 42.5 Å². The molecule has 1 N–H and O–H groups in total. The number of ether oxygens (including phenoxy) is 1. The number of hydrogen-bond acceptors (Lipinski definition) is 3. The molecule has 1 amide bonds. The molecule has 0 unspecified atom stereocenters. The van der Waals surface area contributed by atoms with Gasteiger partial charge in [-0.25, -0.2) is 4.79 Å². The minimum absolute atomic E-state index is 0.0384. The zero-order valence-electron chi connectivity index (χ0n) is 14.4. The largest absolute Gasteiger partial charge is 0.465 e. The first-order chi connectivity index (χ1) is 11.5. The van der Waals surface area contributed by atoms with Crippen molar-refractivity contribution in [2.24, 2.45) is 0 Å². The molecular formula is C20H23NO3. The van der Waals surface area contributed by atoms with Crippen molar-refractivity contribution in [3.63, 3.8) is 0 Å². The predicted octanol–water partition coefficient (Wildman–Crippen LogP) is 3.92. The van der Waals surface area contributed by atoms with Crippen LogP contribution in [0.3, 0.4) is 0 Å². The van der Waals surface area contributed by atoms with Crippen molar-refractivity contribution in [2.45, 2.75) is 33.1 Å². The number of nitrogens with one attached hydrogen (secondary N) is 1. The van der Waals surface area contributed by atoms with Gasteiger partial charge in [0.1, 0.15) is 0 Å². The van der Waals surface area contributed by atoms with E-state index in [0.29, 0.717) is 24.1 Å². The van der Waals surface area contributed by atoms with E-state index in [0.717, 1.165) is 17.5 Å². The average Bonchev–Trinajstić information content (AvgIpc) is 2.61. The number of hydrogen-bond donors (Lipinski definition) is 1. The molecule has 0 heterocycles. The molecular weight excluding hydrogens is 302 g/mol. The summed E-state index contributed by atoms with van der Waals surface area (Å²) in [4.78, 5) is 23.6. The topological polar surface area (TPSA) is 55.4 Å². The van der Waals surface area contributed by atoms with Crippen LogP contribution < -0.4 is 5.32 Å². The van der Waals surface area contributed by atoms with Crippen LogP contribution in [0, 0.1) is 6.92 Å². The summed E-state index contributed by atoms with van der Waals surface area (Å²) >= 11 is 0. The second-order valence-electron chi connectivity index (χ2n) is 5.74. The summed E-state index contributed by atoms with van der Waals surface area (Å²) in [6.07, 6.45) is 2.14. The van der Waals surface area contributed by atoms with Crippen molar-refractivity contribution in [2.75, 3.05) is 12.4 Å². The highest BCUT2D eigenvalue weighted by atomic mass is 16.5. The highest BCUT2D eigenvalue weighted by molar-refractivity contribution is 5.94.